The summed E-state index contributed by atoms with van der Waals surface area (Å²) in [6.45, 7) is 3.31. The molecular formula is C14H18N4O5. The molecule has 0 radical (unpaired) electrons. The van der Waals surface area contributed by atoms with Gasteiger partial charge >= 0.3 is 6.09 Å². The molecule has 0 aromatic heterocycles. The van der Waals surface area contributed by atoms with E-state index in [1.165, 1.54) is 12.1 Å². The van der Waals surface area contributed by atoms with Crippen molar-refractivity contribution in [1.82, 2.24) is 10.9 Å². The number of hydrogen-bond acceptors (Lipinski definition) is 6. The smallest absolute Gasteiger partial charge is 0.426 e. The summed E-state index contributed by atoms with van der Waals surface area (Å²) in [5.41, 5.74) is 4.65. The van der Waals surface area contributed by atoms with Gasteiger partial charge in [-0.1, -0.05) is 0 Å². The number of amides is 2. The molecule has 9 heteroatoms. The Kier molecular flexibility index (Phi) is 5.34. The molecule has 1 aliphatic rings. The number of ether oxygens (including phenoxy) is 1. The molecule has 124 valence electrons. The van der Waals surface area contributed by atoms with E-state index >= 15 is 0 Å². The van der Waals surface area contributed by atoms with Crippen LogP contribution < -0.4 is 15.8 Å². The van der Waals surface area contributed by atoms with Crippen LogP contribution in [0, 0.1) is 10.1 Å². The van der Waals surface area contributed by atoms with E-state index in [1.807, 2.05) is 4.90 Å². The molecular weight excluding hydrogens is 304 g/mol. The highest BCUT2D eigenvalue weighted by Gasteiger charge is 2.23. The number of nitrogens with zero attached hydrogens (tertiary/aromatic N) is 2. The number of nitrogens with one attached hydrogen (secondary N) is 2. The van der Waals surface area contributed by atoms with Crippen molar-refractivity contribution in [2.45, 2.75) is 19.8 Å². The van der Waals surface area contributed by atoms with Crippen LogP contribution in [-0.2, 0) is 4.74 Å². The Morgan fingerprint density at radius 1 is 1.30 bits per heavy atom. The predicted octanol–water partition coefficient (Wildman–Crippen LogP) is 1.59. The van der Waals surface area contributed by atoms with Gasteiger partial charge in [0.1, 0.15) is 5.69 Å². The van der Waals surface area contributed by atoms with E-state index in [0.717, 1.165) is 25.9 Å². The third-order valence-corrected chi connectivity index (χ3v) is 3.43. The molecule has 1 aliphatic heterocycles. The molecule has 0 saturated carbocycles. The number of anilines is 1. The quantitative estimate of drug-likeness (QED) is 0.642. The first kappa shape index (κ1) is 16.5. The van der Waals surface area contributed by atoms with Crippen LogP contribution in [0.3, 0.4) is 0 Å². The summed E-state index contributed by atoms with van der Waals surface area (Å²) in [5, 5.41) is 11.3. The lowest BCUT2D eigenvalue weighted by Gasteiger charge is -2.17. The summed E-state index contributed by atoms with van der Waals surface area (Å²) in [6, 6.07) is 4.25. The molecule has 0 aliphatic carbocycles. The Hall–Kier alpha value is -2.84. The fourth-order valence-corrected chi connectivity index (χ4v) is 2.38. The van der Waals surface area contributed by atoms with Crippen molar-refractivity contribution in [2.75, 3.05) is 24.6 Å². The summed E-state index contributed by atoms with van der Waals surface area (Å²) >= 11 is 0. The monoisotopic (exact) mass is 322 g/mol. The molecule has 1 fully saturated rings. The first-order valence-electron chi connectivity index (χ1n) is 7.29. The molecule has 0 bridgehead atoms. The van der Waals surface area contributed by atoms with Crippen LogP contribution >= 0.6 is 0 Å². The molecule has 1 aromatic carbocycles. The van der Waals surface area contributed by atoms with Crippen molar-refractivity contribution in [3.05, 3.63) is 33.9 Å². The zero-order valence-electron chi connectivity index (χ0n) is 12.7. The van der Waals surface area contributed by atoms with Gasteiger partial charge in [-0.25, -0.2) is 10.2 Å². The second-order valence-corrected chi connectivity index (χ2v) is 4.95. The topological polar surface area (TPSA) is 114 Å². The van der Waals surface area contributed by atoms with Crippen LogP contribution in [0.2, 0.25) is 0 Å². The molecule has 2 N–H and O–H groups in total. The highest BCUT2D eigenvalue weighted by Crippen LogP contribution is 2.31. The van der Waals surface area contributed by atoms with Gasteiger partial charge in [0, 0.05) is 24.7 Å². The highest BCUT2D eigenvalue weighted by atomic mass is 16.6. The van der Waals surface area contributed by atoms with Gasteiger partial charge in [-0.05, 0) is 31.9 Å². The van der Waals surface area contributed by atoms with Crippen molar-refractivity contribution in [3.8, 4) is 0 Å². The molecule has 2 amide bonds. The fourth-order valence-electron chi connectivity index (χ4n) is 2.38. The first-order valence-corrected chi connectivity index (χ1v) is 7.29. The van der Waals surface area contributed by atoms with Crippen LogP contribution in [-0.4, -0.2) is 36.6 Å². The van der Waals surface area contributed by atoms with Gasteiger partial charge in [-0.3, -0.25) is 20.3 Å². The largest absolute Gasteiger partial charge is 0.449 e. The Morgan fingerprint density at radius 3 is 2.61 bits per heavy atom. The van der Waals surface area contributed by atoms with Crippen molar-refractivity contribution < 1.29 is 19.2 Å². The number of nitro groups is 1. The SMILES string of the molecule is CCOC(=O)NNC(=O)c1ccc(N2CCCC2)c([N+](=O)[O-])c1. The van der Waals surface area contributed by atoms with E-state index in [-0.39, 0.29) is 17.9 Å². The van der Waals surface area contributed by atoms with E-state index in [9.17, 15) is 19.7 Å². The van der Waals surface area contributed by atoms with E-state index in [4.69, 9.17) is 0 Å². The van der Waals surface area contributed by atoms with Gasteiger partial charge in [0.25, 0.3) is 11.6 Å². The molecule has 2 rings (SSSR count). The van der Waals surface area contributed by atoms with Crippen LogP contribution in [0.4, 0.5) is 16.2 Å². The molecule has 23 heavy (non-hydrogen) atoms. The van der Waals surface area contributed by atoms with Crippen LogP contribution in [0.25, 0.3) is 0 Å². The van der Waals surface area contributed by atoms with Crippen LogP contribution in [0.1, 0.15) is 30.1 Å². The standard InChI is InChI=1S/C14H18N4O5/c1-2-23-14(20)16-15-13(19)10-5-6-11(12(9-10)18(21)22)17-7-3-4-8-17/h5-6,9H,2-4,7-8H2,1H3,(H,15,19)(H,16,20). The van der Waals surface area contributed by atoms with Gasteiger partial charge in [-0.15, -0.1) is 0 Å². The second-order valence-electron chi connectivity index (χ2n) is 4.95. The second kappa shape index (κ2) is 7.43. The van der Waals surface area contributed by atoms with E-state index < -0.39 is 16.9 Å². The minimum absolute atomic E-state index is 0.0800. The molecule has 0 spiro atoms. The van der Waals surface area contributed by atoms with E-state index in [1.54, 1.807) is 13.0 Å². The average molecular weight is 322 g/mol. The average Bonchev–Trinajstić information content (AvgIpc) is 3.06. The Morgan fingerprint density at radius 2 is 2.00 bits per heavy atom. The third-order valence-electron chi connectivity index (χ3n) is 3.43. The number of hydrazine groups is 1. The maximum Gasteiger partial charge on any atom is 0.426 e. The van der Waals surface area contributed by atoms with Gasteiger partial charge in [0.05, 0.1) is 11.5 Å². The van der Waals surface area contributed by atoms with Gasteiger partial charge in [-0.2, -0.15) is 0 Å². The first-order chi connectivity index (χ1) is 11.0. The van der Waals surface area contributed by atoms with Crippen molar-refractivity contribution in [2.24, 2.45) is 0 Å². The van der Waals surface area contributed by atoms with Crippen LogP contribution in [0.5, 0.6) is 0 Å². The normalized spacial score (nSPS) is 13.5. The highest BCUT2D eigenvalue weighted by molar-refractivity contribution is 5.96. The Bertz CT molecular complexity index is 613. The van der Waals surface area contributed by atoms with Crippen LogP contribution in [0.15, 0.2) is 18.2 Å². The summed E-state index contributed by atoms with van der Waals surface area (Å²) in [6.07, 6.45) is 1.18. The molecule has 9 nitrogen and oxygen atoms in total. The van der Waals surface area contributed by atoms with Crippen molar-refractivity contribution in [1.29, 1.82) is 0 Å². The minimum atomic E-state index is -0.802. The van der Waals surface area contributed by atoms with E-state index in [0.29, 0.717) is 5.69 Å². The predicted molar refractivity (Wildman–Crippen MR) is 82.2 cm³/mol. The molecule has 1 saturated heterocycles. The number of hydrogen-bond donors (Lipinski definition) is 2. The number of nitro benzene ring substituents is 1. The van der Waals surface area contributed by atoms with Gasteiger partial charge in [0.2, 0.25) is 0 Å². The van der Waals surface area contributed by atoms with Crippen molar-refractivity contribution in [3.63, 3.8) is 0 Å². The number of rotatable bonds is 4. The molecule has 1 heterocycles. The summed E-state index contributed by atoms with van der Waals surface area (Å²) in [7, 11) is 0. The number of carbonyl (C=O) groups excluding carboxylic acids is 2. The Labute approximate surface area is 132 Å². The summed E-state index contributed by atoms with van der Waals surface area (Å²) in [4.78, 5) is 35.7. The van der Waals surface area contributed by atoms with Crippen molar-refractivity contribution >= 4 is 23.4 Å². The van der Waals surface area contributed by atoms with E-state index in [2.05, 4.69) is 15.6 Å². The lowest BCUT2D eigenvalue weighted by Crippen LogP contribution is -2.41. The Balaban J connectivity index is 2.13. The number of benzene rings is 1. The fraction of sp³-hybridized carbons (Fsp3) is 0.429. The lowest BCUT2D eigenvalue weighted by atomic mass is 10.1. The third kappa shape index (κ3) is 4.09. The maximum atomic E-state index is 11.9. The zero-order valence-corrected chi connectivity index (χ0v) is 12.7. The van der Waals surface area contributed by atoms with Gasteiger partial charge < -0.3 is 9.64 Å². The van der Waals surface area contributed by atoms with Gasteiger partial charge in [0.15, 0.2) is 0 Å². The maximum absolute atomic E-state index is 11.9. The molecule has 0 unspecified atom stereocenters. The summed E-state index contributed by atoms with van der Waals surface area (Å²) in [5.74, 6) is -0.658. The lowest BCUT2D eigenvalue weighted by molar-refractivity contribution is -0.384. The molecule has 1 aromatic rings. The summed E-state index contributed by atoms with van der Waals surface area (Å²) < 4.78 is 4.60. The number of carbonyl (C=O) groups is 2. The minimum Gasteiger partial charge on any atom is -0.449 e. The zero-order chi connectivity index (χ0) is 16.8. The molecule has 0 atom stereocenters.